The summed E-state index contributed by atoms with van der Waals surface area (Å²) in [4.78, 5) is 3.59. The summed E-state index contributed by atoms with van der Waals surface area (Å²) in [5, 5.41) is 0.237. The van der Waals surface area contributed by atoms with Crippen LogP contribution in [0.3, 0.4) is 0 Å². The molecule has 0 aliphatic rings. The highest BCUT2D eigenvalue weighted by atomic mass is 35.5. The quantitative estimate of drug-likeness (QED) is 0.780. The van der Waals surface area contributed by atoms with E-state index in [1.807, 2.05) is 0 Å². The van der Waals surface area contributed by atoms with Crippen molar-refractivity contribution in [2.45, 2.75) is 13.0 Å². The Kier molecular flexibility index (Phi) is 2.94. The maximum absolute atomic E-state index is 12.1. The number of nitrogens with two attached hydrogens (primary N) is 1. The molecule has 0 saturated heterocycles. The van der Waals surface area contributed by atoms with Crippen LogP contribution in [-0.2, 0) is 6.54 Å². The van der Waals surface area contributed by atoms with Gasteiger partial charge in [0.25, 0.3) is 6.43 Å². The van der Waals surface area contributed by atoms with Crippen molar-refractivity contribution in [2.75, 3.05) is 0 Å². The summed E-state index contributed by atoms with van der Waals surface area (Å²) in [7, 11) is 0. The third kappa shape index (κ3) is 2.12. The molecule has 2 N–H and O–H groups in total. The third-order valence-corrected chi connectivity index (χ3v) is 1.51. The number of aromatic nitrogens is 1. The zero-order valence-corrected chi connectivity index (χ0v) is 6.85. The molecule has 2 nitrogen and oxygen atoms in total. The Morgan fingerprint density at radius 3 is 2.67 bits per heavy atom. The number of halogens is 3. The second-order valence-corrected chi connectivity index (χ2v) is 2.64. The minimum absolute atomic E-state index is 0.111. The Morgan fingerprint density at radius 1 is 1.50 bits per heavy atom. The van der Waals surface area contributed by atoms with Gasteiger partial charge < -0.3 is 5.73 Å². The summed E-state index contributed by atoms with van der Waals surface area (Å²) in [6.07, 6.45) is -2.60. The van der Waals surface area contributed by atoms with Crippen LogP contribution in [0.25, 0.3) is 0 Å². The standard InChI is InChI=1S/C7H7ClF2N2/c8-4-1-5(3-11)12-6(2-4)7(9)10/h1-2,7H,3,11H2. The van der Waals surface area contributed by atoms with Crippen LogP contribution in [-0.4, -0.2) is 4.98 Å². The molecule has 12 heavy (non-hydrogen) atoms. The lowest BCUT2D eigenvalue weighted by Crippen LogP contribution is -2.02. The van der Waals surface area contributed by atoms with Crippen molar-refractivity contribution in [1.29, 1.82) is 0 Å². The molecule has 1 heterocycles. The van der Waals surface area contributed by atoms with Crippen molar-refractivity contribution in [3.05, 3.63) is 28.5 Å². The van der Waals surface area contributed by atoms with Crippen LogP contribution in [0.1, 0.15) is 17.8 Å². The van der Waals surface area contributed by atoms with Crippen LogP contribution in [0, 0.1) is 0 Å². The minimum Gasteiger partial charge on any atom is -0.325 e. The molecule has 0 bridgehead atoms. The van der Waals surface area contributed by atoms with Gasteiger partial charge in [0.1, 0.15) is 5.69 Å². The first-order chi connectivity index (χ1) is 5.63. The van der Waals surface area contributed by atoms with Crippen molar-refractivity contribution in [2.24, 2.45) is 5.73 Å². The molecule has 0 aromatic carbocycles. The van der Waals surface area contributed by atoms with E-state index in [4.69, 9.17) is 17.3 Å². The largest absolute Gasteiger partial charge is 0.325 e. The van der Waals surface area contributed by atoms with Crippen molar-refractivity contribution in [1.82, 2.24) is 4.98 Å². The SMILES string of the molecule is NCc1cc(Cl)cc(C(F)F)n1. The number of hydrogen-bond acceptors (Lipinski definition) is 2. The van der Waals surface area contributed by atoms with Gasteiger partial charge in [-0.3, -0.25) is 4.98 Å². The molecule has 1 aromatic rings. The lowest BCUT2D eigenvalue weighted by Gasteiger charge is -2.02. The second-order valence-electron chi connectivity index (χ2n) is 2.21. The molecular weight excluding hydrogens is 186 g/mol. The van der Waals surface area contributed by atoms with Crippen molar-refractivity contribution < 1.29 is 8.78 Å². The highest BCUT2D eigenvalue weighted by molar-refractivity contribution is 6.30. The average Bonchev–Trinajstić information content (AvgIpc) is 2.03. The summed E-state index contributed by atoms with van der Waals surface area (Å²) in [5.41, 5.74) is 5.26. The van der Waals surface area contributed by atoms with E-state index in [1.165, 1.54) is 6.07 Å². The molecule has 0 saturated carbocycles. The molecule has 0 spiro atoms. The van der Waals surface area contributed by atoms with E-state index < -0.39 is 6.43 Å². The normalized spacial score (nSPS) is 10.8. The lowest BCUT2D eigenvalue weighted by atomic mass is 10.3. The van der Waals surface area contributed by atoms with Crippen LogP contribution in [0.15, 0.2) is 12.1 Å². The number of hydrogen-bond donors (Lipinski definition) is 1. The summed E-state index contributed by atoms with van der Waals surface area (Å²) in [5.74, 6) is 0. The molecule has 0 atom stereocenters. The third-order valence-electron chi connectivity index (χ3n) is 1.30. The number of alkyl halides is 2. The molecule has 0 aliphatic carbocycles. The fourth-order valence-electron chi connectivity index (χ4n) is 0.789. The van der Waals surface area contributed by atoms with E-state index >= 15 is 0 Å². The Balaban J connectivity index is 3.06. The van der Waals surface area contributed by atoms with Crippen molar-refractivity contribution >= 4 is 11.6 Å². The van der Waals surface area contributed by atoms with Gasteiger partial charge in [0, 0.05) is 11.6 Å². The van der Waals surface area contributed by atoms with E-state index in [0.29, 0.717) is 5.69 Å². The first-order valence-electron chi connectivity index (χ1n) is 3.28. The van der Waals surface area contributed by atoms with Crippen LogP contribution in [0.4, 0.5) is 8.78 Å². The van der Waals surface area contributed by atoms with E-state index in [0.717, 1.165) is 6.07 Å². The van der Waals surface area contributed by atoms with Crippen molar-refractivity contribution in [3.63, 3.8) is 0 Å². The van der Waals surface area contributed by atoms with E-state index in [2.05, 4.69) is 4.98 Å². The highest BCUT2D eigenvalue weighted by Crippen LogP contribution is 2.20. The van der Waals surface area contributed by atoms with Gasteiger partial charge in [-0.1, -0.05) is 11.6 Å². The van der Waals surface area contributed by atoms with E-state index in [1.54, 1.807) is 0 Å². The van der Waals surface area contributed by atoms with Gasteiger partial charge in [0.2, 0.25) is 0 Å². The first-order valence-corrected chi connectivity index (χ1v) is 3.66. The molecule has 0 amide bonds. The van der Waals surface area contributed by atoms with Crippen molar-refractivity contribution in [3.8, 4) is 0 Å². The zero-order chi connectivity index (χ0) is 9.14. The Morgan fingerprint density at radius 2 is 2.17 bits per heavy atom. The lowest BCUT2D eigenvalue weighted by molar-refractivity contribution is 0.146. The Hall–Kier alpha value is -0.740. The highest BCUT2D eigenvalue weighted by Gasteiger charge is 2.10. The van der Waals surface area contributed by atoms with Gasteiger partial charge in [0.15, 0.2) is 0 Å². The Bertz CT molecular complexity index is 278. The number of rotatable bonds is 2. The maximum Gasteiger partial charge on any atom is 0.280 e. The van der Waals surface area contributed by atoms with Gasteiger partial charge in [-0.05, 0) is 12.1 Å². The predicted molar refractivity (Wildman–Crippen MR) is 42.1 cm³/mol. The molecule has 0 fully saturated rings. The van der Waals surface area contributed by atoms with Gasteiger partial charge in [0.05, 0.1) is 5.69 Å². The summed E-state index contributed by atoms with van der Waals surface area (Å²) >= 11 is 5.54. The average molecular weight is 193 g/mol. The number of nitrogens with zero attached hydrogens (tertiary/aromatic N) is 1. The molecule has 1 rings (SSSR count). The fourth-order valence-corrected chi connectivity index (χ4v) is 1.03. The van der Waals surface area contributed by atoms with E-state index in [-0.39, 0.29) is 17.3 Å². The fraction of sp³-hybridized carbons (Fsp3) is 0.286. The smallest absolute Gasteiger partial charge is 0.280 e. The van der Waals surface area contributed by atoms with Gasteiger partial charge in [-0.15, -0.1) is 0 Å². The summed E-state index contributed by atoms with van der Waals surface area (Å²) in [6.45, 7) is 0.111. The van der Waals surface area contributed by atoms with Gasteiger partial charge >= 0.3 is 0 Å². The molecular formula is C7H7ClF2N2. The summed E-state index contributed by atoms with van der Waals surface area (Å²) < 4.78 is 24.2. The van der Waals surface area contributed by atoms with Gasteiger partial charge in [-0.25, -0.2) is 8.78 Å². The Labute approximate surface area is 73.4 Å². The summed E-state index contributed by atoms with van der Waals surface area (Å²) in [6, 6.07) is 2.60. The molecule has 66 valence electrons. The second kappa shape index (κ2) is 3.78. The monoisotopic (exact) mass is 192 g/mol. The zero-order valence-electron chi connectivity index (χ0n) is 6.10. The molecule has 0 unspecified atom stereocenters. The first kappa shape index (κ1) is 9.35. The van der Waals surface area contributed by atoms with Gasteiger partial charge in [-0.2, -0.15) is 0 Å². The van der Waals surface area contributed by atoms with Crippen LogP contribution < -0.4 is 5.73 Å². The van der Waals surface area contributed by atoms with Crippen LogP contribution >= 0.6 is 11.6 Å². The minimum atomic E-state index is -2.60. The molecule has 5 heteroatoms. The molecule has 0 aliphatic heterocycles. The maximum atomic E-state index is 12.1. The van der Waals surface area contributed by atoms with E-state index in [9.17, 15) is 8.78 Å². The predicted octanol–water partition coefficient (Wildman–Crippen LogP) is 2.13. The number of pyridine rings is 1. The topological polar surface area (TPSA) is 38.9 Å². The van der Waals surface area contributed by atoms with Crippen LogP contribution in [0.2, 0.25) is 5.02 Å². The molecule has 0 radical (unpaired) electrons. The molecule has 1 aromatic heterocycles. The van der Waals surface area contributed by atoms with Crippen LogP contribution in [0.5, 0.6) is 0 Å².